The van der Waals surface area contributed by atoms with Crippen molar-refractivity contribution in [3.63, 3.8) is 0 Å². The number of carbonyl (C=O) groups excluding carboxylic acids is 1. The van der Waals surface area contributed by atoms with Crippen LogP contribution in [0.5, 0.6) is 23.3 Å². The molecule has 0 aliphatic carbocycles. The van der Waals surface area contributed by atoms with Gasteiger partial charge in [0.2, 0.25) is 6.79 Å². The number of halogens is 3. The minimum Gasteiger partial charge on any atom is -0.454 e. The lowest BCUT2D eigenvalue weighted by Crippen LogP contribution is -2.45. The Morgan fingerprint density at radius 3 is 2.76 bits per heavy atom. The number of rotatable bonds is 5. The fourth-order valence-electron chi connectivity index (χ4n) is 4.43. The highest BCUT2D eigenvalue weighted by Crippen LogP contribution is 2.39. The Hall–Kier alpha value is -4.11. The first kappa shape index (κ1) is 23.3. The average molecular weight is 520 g/mol. The molecule has 0 bridgehead atoms. The van der Waals surface area contributed by atoms with Gasteiger partial charge in [-0.2, -0.15) is 17.9 Å². The zero-order chi connectivity index (χ0) is 25.6. The maximum absolute atomic E-state index is 12.9. The fourth-order valence-corrected chi connectivity index (χ4v) is 4.43. The van der Waals surface area contributed by atoms with Crippen LogP contribution < -0.4 is 24.8 Å². The second-order valence-electron chi connectivity index (χ2n) is 8.47. The predicted octanol–water partition coefficient (Wildman–Crippen LogP) is 2.74. The number of urea groups is 1. The summed E-state index contributed by atoms with van der Waals surface area (Å²) in [6, 6.07) is 7.85. The zero-order valence-corrected chi connectivity index (χ0v) is 18.8. The predicted molar refractivity (Wildman–Crippen MR) is 116 cm³/mol. The van der Waals surface area contributed by atoms with E-state index in [-0.39, 0.29) is 31.7 Å². The van der Waals surface area contributed by atoms with Gasteiger partial charge in [-0.1, -0.05) is 11.2 Å². The minimum absolute atomic E-state index is 0.00649. The second-order valence-corrected chi connectivity index (χ2v) is 8.47. The van der Waals surface area contributed by atoms with E-state index in [1.807, 2.05) is 0 Å². The first-order valence-corrected chi connectivity index (χ1v) is 11.2. The number of anilines is 1. The third-order valence-electron chi connectivity index (χ3n) is 6.12. The zero-order valence-electron chi connectivity index (χ0n) is 18.8. The molecule has 4 heterocycles. The van der Waals surface area contributed by atoms with Crippen LogP contribution in [0.2, 0.25) is 0 Å². The van der Waals surface area contributed by atoms with Crippen molar-refractivity contribution in [3.05, 3.63) is 48.0 Å². The molecule has 3 aliphatic rings. The van der Waals surface area contributed by atoms with Gasteiger partial charge in [0.05, 0.1) is 24.8 Å². The molecule has 2 N–H and O–H groups in total. The van der Waals surface area contributed by atoms with Crippen LogP contribution in [-0.4, -0.2) is 64.5 Å². The van der Waals surface area contributed by atoms with Crippen molar-refractivity contribution in [1.29, 1.82) is 0 Å². The van der Waals surface area contributed by atoms with Gasteiger partial charge in [0, 0.05) is 11.8 Å². The summed E-state index contributed by atoms with van der Waals surface area (Å²) in [6.07, 6.45) is -5.55. The number of hydrogen-bond acceptors (Lipinski definition) is 9. The molecule has 194 valence electrons. The summed E-state index contributed by atoms with van der Waals surface area (Å²) >= 11 is 0. The van der Waals surface area contributed by atoms with Crippen LogP contribution >= 0.6 is 0 Å². The Morgan fingerprint density at radius 2 is 1.89 bits per heavy atom. The summed E-state index contributed by atoms with van der Waals surface area (Å²) in [5.74, 6) is 1.58. The van der Waals surface area contributed by atoms with Gasteiger partial charge in [0.15, 0.2) is 11.5 Å². The lowest BCUT2D eigenvalue weighted by molar-refractivity contribution is -0.137. The van der Waals surface area contributed by atoms with E-state index in [1.165, 1.54) is 16.8 Å². The third kappa shape index (κ3) is 4.58. The number of amides is 2. The quantitative estimate of drug-likeness (QED) is 0.521. The molecular weight excluding hydrogens is 501 g/mol. The highest BCUT2D eigenvalue weighted by molar-refractivity contribution is 5.89. The molecule has 2 saturated heterocycles. The van der Waals surface area contributed by atoms with Crippen molar-refractivity contribution in [3.8, 4) is 23.3 Å². The second kappa shape index (κ2) is 9.08. The first-order valence-electron chi connectivity index (χ1n) is 11.2. The van der Waals surface area contributed by atoms with Gasteiger partial charge >= 0.3 is 18.2 Å². The van der Waals surface area contributed by atoms with E-state index in [0.717, 1.165) is 12.1 Å². The SMILES string of the molecule is O=C(Nc1cccc(C(F)(F)F)c1)N[C@H]1CO[C@H]2[C@@H]1OC[C@@H]2n1nnnc1Oc1ccc2c(c1)OCO2. The number of nitrogens with one attached hydrogen (secondary N) is 2. The van der Waals surface area contributed by atoms with Gasteiger partial charge in [-0.25, -0.2) is 4.79 Å². The molecule has 15 heteroatoms. The smallest absolute Gasteiger partial charge is 0.416 e. The lowest BCUT2D eigenvalue weighted by Gasteiger charge is -2.18. The molecule has 37 heavy (non-hydrogen) atoms. The number of hydrogen-bond donors (Lipinski definition) is 2. The van der Waals surface area contributed by atoms with E-state index in [9.17, 15) is 18.0 Å². The minimum atomic E-state index is -4.52. The molecule has 3 aromatic rings. The molecule has 2 fully saturated rings. The summed E-state index contributed by atoms with van der Waals surface area (Å²) in [6.45, 7) is 0.442. The summed E-state index contributed by atoms with van der Waals surface area (Å²) in [7, 11) is 0. The van der Waals surface area contributed by atoms with Crippen LogP contribution in [0.15, 0.2) is 42.5 Å². The van der Waals surface area contributed by atoms with Gasteiger partial charge < -0.3 is 34.3 Å². The topological polar surface area (TPSA) is 131 Å². The van der Waals surface area contributed by atoms with E-state index in [4.69, 9.17) is 23.7 Å². The van der Waals surface area contributed by atoms with Gasteiger partial charge in [-0.05, 0) is 40.8 Å². The Morgan fingerprint density at radius 1 is 1.05 bits per heavy atom. The summed E-state index contributed by atoms with van der Waals surface area (Å²) in [4.78, 5) is 12.5. The molecular formula is C22H19F3N6O6. The van der Waals surface area contributed by atoms with Crippen molar-refractivity contribution in [1.82, 2.24) is 25.5 Å². The van der Waals surface area contributed by atoms with Crippen LogP contribution in [0, 0.1) is 0 Å². The van der Waals surface area contributed by atoms with Crippen molar-refractivity contribution in [2.45, 2.75) is 30.5 Å². The molecule has 0 unspecified atom stereocenters. The lowest BCUT2D eigenvalue weighted by atomic mass is 10.1. The first-order chi connectivity index (χ1) is 17.8. The summed E-state index contributed by atoms with van der Waals surface area (Å²) < 4.78 is 68.5. The molecule has 2 aromatic carbocycles. The van der Waals surface area contributed by atoms with Crippen LogP contribution in [0.3, 0.4) is 0 Å². The number of ether oxygens (including phenoxy) is 5. The normalized spacial score (nSPS) is 24.1. The summed E-state index contributed by atoms with van der Waals surface area (Å²) in [5.41, 5.74) is -0.858. The molecule has 6 rings (SSSR count). The number of nitrogens with zero attached hydrogens (tertiary/aromatic N) is 4. The standard InChI is InChI=1S/C22H19F3N6O6/c23-22(24,25)11-2-1-3-12(6-11)26-20(32)27-14-8-33-19-15(9-34-18(14)19)31-21(28-29-30-31)37-13-4-5-16-17(7-13)36-10-35-16/h1-7,14-15,18-19H,8-10H2,(H2,26,27,32)/t14-,15-,18+,19+/m0/s1. The maximum Gasteiger partial charge on any atom is 0.416 e. The van der Waals surface area contributed by atoms with Gasteiger partial charge in [0.1, 0.15) is 24.0 Å². The van der Waals surface area contributed by atoms with Gasteiger partial charge in [-0.15, -0.1) is 0 Å². The molecule has 0 radical (unpaired) electrons. The number of fused-ring (bicyclic) bond motifs is 2. The molecule has 12 nitrogen and oxygen atoms in total. The number of aromatic nitrogens is 4. The molecule has 3 aliphatic heterocycles. The van der Waals surface area contributed by atoms with E-state index in [2.05, 4.69) is 26.2 Å². The number of alkyl halides is 3. The monoisotopic (exact) mass is 520 g/mol. The Labute approximate surface area is 206 Å². The molecule has 4 atom stereocenters. The van der Waals surface area contributed by atoms with Crippen molar-refractivity contribution < 1.29 is 41.7 Å². The number of benzene rings is 2. The van der Waals surface area contributed by atoms with E-state index in [0.29, 0.717) is 17.2 Å². The van der Waals surface area contributed by atoms with Crippen LogP contribution in [0.25, 0.3) is 0 Å². The largest absolute Gasteiger partial charge is 0.454 e. The van der Waals surface area contributed by atoms with Crippen LogP contribution in [0.1, 0.15) is 11.6 Å². The Balaban J connectivity index is 1.10. The Kier molecular flexibility index (Phi) is 5.72. The van der Waals surface area contributed by atoms with Crippen LogP contribution in [0.4, 0.5) is 23.7 Å². The van der Waals surface area contributed by atoms with Crippen LogP contribution in [-0.2, 0) is 15.7 Å². The van der Waals surface area contributed by atoms with Gasteiger partial charge in [0.25, 0.3) is 0 Å². The molecule has 2 amide bonds. The third-order valence-corrected chi connectivity index (χ3v) is 6.12. The molecule has 0 spiro atoms. The van der Waals surface area contributed by atoms with E-state index >= 15 is 0 Å². The highest BCUT2D eigenvalue weighted by atomic mass is 19.4. The fraction of sp³-hybridized carbons (Fsp3) is 0.364. The average Bonchev–Trinajstić information content (AvgIpc) is 3.64. The summed E-state index contributed by atoms with van der Waals surface area (Å²) in [5, 5.41) is 16.8. The van der Waals surface area contributed by atoms with Crippen molar-refractivity contribution >= 4 is 11.7 Å². The highest BCUT2D eigenvalue weighted by Gasteiger charge is 2.50. The Bertz CT molecular complexity index is 1320. The van der Waals surface area contributed by atoms with Crippen molar-refractivity contribution in [2.24, 2.45) is 0 Å². The maximum atomic E-state index is 12.9. The van der Waals surface area contributed by atoms with Gasteiger partial charge in [-0.3, -0.25) is 0 Å². The van der Waals surface area contributed by atoms with E-state index < -0.39 is 42.1 Å². The number of tetrazole rings is 1. The molecule has 1 aromatic heterocycles. The van der Waals surface area contributed by atoms with Crippen molar-refractivity contribution in [2.75, 3.05) is 25.3 Å². The molecule has 0 saturated carbocycles. The number of carbonyl (C=O) groups is 1. The van der Waals surface area contributed by atoms with E-state index in [1.54, 1.807) is 18.2 Å².